The zero-order valence-electron chi connectivity index (χ0n) is 5.84. The minimum Gasteiger partial charge on any atom is -0.126 e. The van der Waals surface area contributed by atoms with E-state index >= 15 is 0 Å². The number of halogens is 4. The van der Waals surface area contributed by atoms with E-state index in [2.05, 4.69) is 6.92 Å². The first-order valence-electron chi connectivity index (χ1n) is 3.16. The Balaban J connectivity index is 3.04. The quantitative estimate of drug-likeness (QED) is 0.221. The van der Waals surface area contributed by atoms with Gasteiger partial charge in [-0.3, -0.25) is 0 Å². The Hall–Kier alpha value is 1.82. The zero-order chi connectivity index (χ0) is 8.04. The molecule has 0 aromatic carbocycles. The van der Waals surface area contributed by atoms with Gasteiger partial charge >= 0.3 is 6.00 Å². The smallest absolute Gasteiger partial charge is 0.126 e. The molecule has 0 aromatic rings. The maximum absolute atomic E-state index is 5.69. The van der Waals surface area contributed by atoms with Gasteiger partial charge in [0.05, 0.1) is 0 Å². The van der Waals surface area contributed by atoms with Gasteiger partial charge in [0.25, 0.3) is 21.2 Å². The first-order chi connectivity index (χ1) is 4.56. The highest BCUT2D eigenvalue weighted by molar-refractivity contribution is 7.64. The molecule has 0 radical (unpaired) electrons. The lowest BCUT2D eigenvalue weighted by molar-refractivity contribution is -0.651. The first-order valence-corrected chi connectivity index (χ1v) is 11.5. The molecule has 0 nitrogen and oxygen atoms in total. The SMILES string of the molecule is CC[I+]CCC[Si](Cl)(Cl)Cl. The molecule has 0 rings (SSSR count). The van der Waals surface area contributed by atoms with Gasteiger partial charge in [0.15, 0.2) is 0 Å². The van der Waals surface area contributed by atoms with Crippen LogP contribution in [0.3, 0.4) is 0 Å². The van der Waals surface area contributed by atoms with Crippen molar-refractivity contribution in [2.24, 2.45) is 0 Å². The van der Waals surface area contributed by atoms with E-state index in [9.17, 15) is 0 Å². The second-order valence-corrected chi connectivity index (χ2v) is 14.8. The van der Waals surface area contributed by atoms with Gasteiger partial charge in [-0.1, -0.05) is 0 Å². The Bertz CT molecular complexity index is 83.5. The Labute approximate surface area is 88.0 Å². The highest BCUT2D eigenvalue weighted by atomic mass is 127. The molecule has 0 heterocycles. The van der Waals surface area contributed by atoms with Crippen LogP contribution in [0.5, 0.6) is 0 Å². The van der Waals surface area contributed by atoms with Crippen molar-refractivity contribution >= 4 is 39.2 Å². The summed E-state index contributed by atoms with van der Waals surface area (Å²) in [6, 6.07) is -1.43. The average molecular weight is 332 g/mol. The molecule has 5 heteroatoms. The summed E-state index contributed by atoms with van der Waals surface area (Å²) in [5, 5.41) is 0. The molecule has 0 aromatic heterocycles. The van der Waals surface area contributed by atoms with E-state index in [1.807, 2.05) is 0 Å². The van der Waals surface area contributed by atoms with E-state index in [0.717, 1.165) is 12.5 Å². The summed E-state index contributed by atoms with van der Waals surface area (Å²) in [5.41, 5.74) is 0. The molecule has 62 valence electrons. The number of hydrogen-bond acceptors (Lipinski definition) is 0. The number of hydrogen-bond donors (Lipinski definition) is 0. The third-order valence-electron chi connectivity index (χ3n) is 0.916. The van der Waals surface area contributed by atoms with E-state index in [0.29, 0.717) is 21.2 Å². The van der Waals surface area contributed by atoms with Crippen LogP contribution in [-0.4, -0.2) is 14.9 Å². The van der Waals surface area contributed by atoms with E-state index in [4.69, 9.17) is 33.2 Å². The minimum atomic E-state index is -2.27. The van der Waals surface area contributed by atoms with Crippen molar-refractivity contribution in [3.8, 4) is 0 Å². The fourth-order valence-corrected chi connectivity index (χ4v) is 4.68. The van der Waals surface area contributed by atoms with Gasteiger partial charge in [-0.15, -0.1) is 33.2 Å². The molecule has 0 aliphatic rings. The molecule has 0 unspecified atom stereocenters. The average Bonchev–Trinajstić information content (AvgIpc) is 1.78. The highest BCUT2D eigenvalue weighted by Crippen LogP contribution is 2.25. The van der Waals surface area contributed by atoms with Crippen molar-refractivity contribution < 1.29 is 21.2 Å². The van der Waals surface area contributed by atoms with Gasteiger partial charge in [-0.2, -0.15) is 0 Å². The van der Waals surface area contributed by atoms with Crippen molar-refractivity contribution in [2.75, 3.05) is 8.86 Å². The van der Waals surface area contributed by atoms with Crippen LogP contribution in [0.1, 0.15) is 13.3 Å². The maximum atomic E-state index is 5.69. The first kappa shape index (κ1) is 11.8. The van der Waals surface area contributed by atoms with Crippen molar-refractivity contribution in [2.45, 2.75) is 19.4 Å². The molecule has 0 bridgehead atoms. The molecule has 0 saturated carbocycles. The Morgan fingerprint density at radius 2 is 1.90 bits per heavy atom. The van der Waals surface area contributed by atoms with Crippen LogP contribution < -0.4 is 21.2 Å². The molecule has 0 N–H and O–H groups in total. The zero-order valence-corrected chi connectivity index (χ0v) is 11.3. The monoisotopic (exact) mass is 331 g/mol. The van der Waals surface area contributed by atoms with Crippen LogP contribution in [0.2, 0.25) is 6.04 Å². The van der Waals surface area contributed by atoms with Gasteiger partial charge in [0.1, 0.15) is 8.86 Å². The molecular weight excluding hydrogens is 321 g/mol. The molecule has 0 fully saturated rings. The van der Waals surface area contributed by atoms with Gasteiger partial charge < -0.3 is 0 Å². The molecule has 0 amide bonds. The van der Waals surface area contributed by atoms with E-state index < -0.39 is 6.00 Å². The van der Waals surface area contributed by atoms with E-state index in [-0.39, 0.29) is 0 Å². The lowest BCUT2D eigenvalue weighted by Gasteiger charge is -2.02. The van der Waals surface area contributed by atoms with Gasteiger partial charge in [0.2, 0.25) is 0 Å². The molecule has 0 spiro atoms. The van der Waals surface area contributed by atoms with Crippen LogP contribution in [0, 0.1) is 0 Å². The summed E-state index contributed by atoms with van der Waals surface area (Å²) < 4.78 is 2.66. The van der Waals surface area contributed by atoms with Crippen LogP contribution >= 0.6 is 33.2 Å². The topological polar surface area (TPSA) is 0 Å². The largest absolute Gasteiger partial charge is 0.341 e. The fraction of sp³-hybridized carbons (Fsp3) is 1.00. The van der Waals surface area contributed by atoms with E-state index in [1.165, 1.54) is 8.86 Å². The van der Waals surface area contributed by atoms with Gasteiger partial charge in [-0.05, 0) is 19.4 Å². The summed E-state index contributed by atoms with van der Waals surface area (Å²) in [7, 11) is 0. The second-order valence-electron chi connectivity index (χ2n) is 1.86. The van der Waals surface area contributed by atoms with Crippen molar-refractivity contribution in [3.63, 3.8) is 0 Å². The fourth-order valence-electron chi connectivity index (χ4n) is 0.495. The summed E-state index contributed by atoms with van der Waals surface area (Å²) >= 11 is 17.5. The second kappa shape index (κ2) is 6.35. The molecule has 0 saturated heterocycles. The normalized spacial score (nSPS) is 12.0. The predicted octanol–water partition coefficient (Wildman–Crippen LogP) is 0.141. The number of rotatable bonds is 5. The molecule has 0 atom stereocenters. The third kappa shape index (κ3) is 9.82. The molecular formula is C5H11Cl3ISi+. The van der Waals surface area contributed by atoms with Crippen LogP contribution in [-0.2, 0) is 0 Å². The lowest BCUT2D eigenvalue weighted by Crippen LogP contribution is -3.63. The Kier molecular flexibility index (Phi) is 7.50. The minimum absolute atomic E-state index is 0.420. The summed E-state index contributed by atoms with van der Waals surface area (Å²) in [6.07, 6.45) is 1.13. The van der Waals surface area contributed by atoms with Gasteiger partial charge in [-0.25, -0.2) is 0 Å². The van der Waals surface area contributed by atoms with Crippen LogP contribution in [0.4, 0.5) is 0 Å². The van der Waals surface area contributed by atoms with E-state index in [1.54, 1.807) is 0 Å². The van der Waals surface area contributed by atoms with Crippen LogP contribution in [0.15, 0.2) is 0 Å². The van der Waals surface area contributed by atoms with Crippen molar-refractivity contribution in [3.05, 3.63) is 0 Å². The summed E-state index contributed by atoms with van der Waals surface area (Å²) in [6.45, 7) is 2.22. The molecule has 0 aliphatic heterocycles. The lowest BCUT2D eigenvalue weighted by atomic mass is 10.6. The summed E-state index contributed by atoms with van der Waals surface area (Å²) in [4.78, 5) is 0. The summed E-state index contributed by atoms with van der Waals surface area (Å²) in [5.74, 6) is 0. The number of alkyl halides is 2. The Morgan fingerprint density at radius 1 is 1.30 bits per heavy atom. The Morgan fingerprint density at radius 3 is 2.30 bits per heavy atom. The highest BCUT2D eigenvalue weighted by Gasteiger charge is 2.24. The molecule has 0 aliphatic carbocycles. The third-order valence-corrected chi connectivity index (χ3v) is 6.14. The van der Waals surface area contributed by atoms with Crippen molar-refractivity contribution in [1.82, 2.24) is 0 Å². The molecule has 10 heavy (non-hydrogen) atoms. The standard InChI is InChI=1S/C5H11Cl3ISi/c1-2-9-4-3-5-10(6,7)8/h2-5H2,1H3/q+1. The van der Waals surface area contributed by atoms with Crippen LogP contribution in [0.25, 0.3) is 0 Å². The van der Waals surface area contributed by atoms with Crippen molar-refractivity contribution in [1.29, 1.82) is 0 Å². The van der Waals surface area contributed by atoms with Gasteiger partial charge in [0, 0.05) is 0 Å². The predicted molar refractivity (Wildman–Crippen MR) is 48.1 cm³/mol. The maximum Gasteiger partial charge on any atom is 0.341 e.